The molecule has 1 heterocycles. The Hall–Kier alpha value is -0.120. The Morgan fingerprint density at radius 3 is 2.69 bits per heavy atom. The van der Waals surface area contributed by atoms with Crippen LogP contribution in [0.4, 0.5) is 4.39 Å². The van der Waals surface area contributed by atoms with Crippen LogP contribution in [0.3, 0.4) is 0 Å². The highest BCUT2D eigenvalue weighted by Crippen LogP contribution is 2.33. The van der Waals surface area contributed by atoms with Gasteiger partial charge in [0.15, 0.2) is 9.84 Å². The molecule has 0 aromatic carbocycles. The molecule has 13 heavy (non-hydrogen) atoms. The fourth-order valence-electron chi connectivity index (χ4n) is 2.10. The minimum Gasteiger partial charge on any atom is -0.243 e. The van der Waals surface area contributed by atoms with Crippen LogP contribution in [-0.2, 0) is 9.84 Å². The van der Waals surface area contributed by atoms with Crippen LogP contribution in [0.5, 0.6) is 0 Å². The Morgan fingerprint density at radius 1 is 1.54 bits per heavy atom. The first-order valence-corrected chi connectivity index (χ1v) is 6.59. The van der Waals surface area contributed by atoms with E-state index in [0.717, 1.165) is 6.42 Å². The van der Waals surface area contributed by atoms with Gasteiger partial charge in [-0.3, -0.25) is 0 Å². The maximum atomic E-state index is 13.9. The van der Waals surface area contributed by atoms with E-state index in [1.807, 2.05) is 6.92 Å². The number of alkyl halides is 1. The monoisotopic (exact) mass is 208 g/mol. The van der Waals surface area contributed by atoms with Gasteiger partial charge in [0, 0.05) is 0 Å². The van der Waals surface area contributed by atoms with Gasteiger partial charge in [0.2, 0.25) is 0 Å². The molecule has 0 amide bonds. The van der Waals surface area contributed by atoms with Gasteiger partial charge in [-0.2, -0.15) is 0 Å². The van der Waals surface area contributed by atoms with Gasteiger partial charge in [0.1, 0.15) is 5.67 Å². The van der Waals surface area contributed by atoms with E-state index in [1.54, 1.807) is 0 Å². The molecule has 2 nitrogen and oxygen atoms in total. The first kappa shape index (κ1) is 11.0. The molecule has 2 unspecified atom stereocenters. The lowest BCUT2D eigenvalue weighted by molar-refractivity contribution is 0.120. The van der Waals surface area contributed by atoms with Crippen molar-refractivity contribution in [3.8, 4) is 0 Å². The fourth-order valence-corrected chi connectivity index (χ4v) is 3.95. The second-order valence-electron chi connectivity index (χ2n) is 4.12. The summed E-state index contributed by atoms with van der Waals surface area (Å²) < 4.78 is 36.5. The lowest BCUT2D eigenvalue weighted by Gasteiger charge is -2.26. The first-order valence-electron chi connectivity index (χ1n) is 4.77. The van der Waals surface area contributed by atoms with Crippen molar-refractivity contribution >= 4 is 9.84 Å². The molecule has 78 valence electrons. The summed E-state index contributed by atoms with van der Waals surface area (Å²) >= 11 is 0. The zero-order chi connectivity index (χ0) is 10.1. The van der Waals surface area contributed by atoms with E-state index in [-0.39, 0.29) is 17.4 Å². The van der Waals surface area contributed by atoms with Crippen molar-refractivity contribution in [1.29, 1.82) is 0 Å². The third-order valence-electron chi connectivity index (χ3n) is 2.85. The number of hydrogen-bond acceptors (Lipinski definition) is 2. The van der Waals surface area contributed by atoms with Gasteiger partial charge >= 0.3 is 0 Å². The Morgan fingerprint density at radius 2 is 2.15 bits per heavy atom. The molecular formula is C9H17FO2S. The topological polar surface area (TPSA) is 34.1 Å². The van der Waals surface area contributed by atoms with Gasteiger partial charge in [-0.1, -0.05) is 13.3 Å². The summed E-state index contributed by atoms with van der Waals surface area (Å²) in [6.07, 6.45) is 2.03. The Bertz CT molecular complexity index is 269. The molecule has 4 heteroatoms. The average Bonchev–Trinajstić information content (AvgIpc) is 2.03. The predicted octanol–water partition coefficient (Wildman–Crippen LogP) is 1.95. The molecule has 0 bridgehead atoms. The highest BCUT2D eigenvalue weighted by molar-refractivity contribution is 7.91. The van der Waals surface area contributed by atoms with Gasteiger partial charge < -0.3 is 0 Å². The van der Waals surface area contributed by atoms with Crippen LogP contribution in [-0.4, -0.2) is 25.6 Å². The summed E-state index contributed by atoms with van der Waals surface area (Å²) in [7, 11) is -3.14. The second kappa shape index (κ2) is 3.56. The van der Waals surface area contributed by atoms with Crippen molar-refractivity contribution in [2.45, 2.75) is 38.8 Å². The van der Waals surface area contributed by atoms with Gasteiger partial charge in [-0.25, -0.2) is 12.8 Å². The molecule has 2 atom stereocenters. The van der Waals surface area contributed by atoms with Gasteiger partial charge in [-0.15, -0.1) is 0 Å². The molecule has 0 aromatic rings. The van der Waals surface area contributed by atoms with Crippen LogP contribution in [0.1, 0.15) is 33.1 Å². The predicted molar refractivity (Wildman–Crippen MR) is 51.2 cm³/mol. The standard InChI is InChI=1S/C9H17FO2S/c1-3-8-5-4-6-13(11,12)7-9(8,2)10/h8H,3-7H2,1-2H3. The van der Waals surface area contributed by atoms with Crippen LogP contribution in [0.2, 0.25) is 0 Å². The van der Waals surface area contributed by atoms with Crippen molar-refractivity contribution in [1.82, 2.24) is 0 Å². The quantitative estimate of drug-likeness (QED) is 0.660. The first-order chi connectivity index (χ1) is 5.87. The van der Waals surface area contributed by atoms with Gasteiger partial charge in [0.25, 0.3) is 0 Å². The molecule has 1 rings (SSSR count). The summed E-state index contributed by atoms with van der Waals surface area (Å²) in [5.41, 5.74) is -1.52. The van der Waals surface area contributed by atoms with Crippen LogP contribution in [0.25, 0.3) is 0 Å². The summed E-state index contributed by atoms with van der Waals surface area (Å²) in [6.45, 7) is 3.34. The third kappa shape index (κ3) is 2.66. The molecule has 1 fully saturated rings. The minimum absolute atomic E-state index is 0.0928. The zero-order valence-corrected chi connectivity index (χ0v) is 9.03. The SMILES string of the molecule is CCC1CCCS(=O)(=O)CC1(C)F. The van der Waals surface area contributed by atoms with Crippen molar-refractivity contribution in [2.24, 2.45) is 5.92 Å². The number of halogens is 1. The summed E-state index contributed by atoms with van der Waals surface area (Å²) in [5.74, 6) is -0.230. The molecule has 0 aromatic heterocycles. The summed E-state index contributed by atoms with van der Waals surface area (Å²) in [4.78, 5) is 0. The molecule has 0 aliphatic carbocycles. The fraction of sp³-hybridized carbons (Fsp3) is 1.00. The van der Waals surface area contributed by atoms with E-state index in [9.17, 15) is 12.8 Å². The van der Waals surface area contributed by atoms with E-state index in [1.165, 1.54) is 6.92 Å². The van der Waals surface area contributed by atoms with E-state index < -0.39 is 15.5 Å². The largest absolute Gasteiger partial charge is 0.243 e. The smallest absolute Gasteiger partial charge is 0.153 e. The van der Waals surface area contributed by atoms with Crippen LogP contribution >= 0.6 is 0 Å². The lowest BCUT2D eigenvalue weighted by atomic mass is 9.87. The van der Waals surface area contributed by atoms with Gasteiger partial charge in [-0.05, 0) is 25.7 Å². The van der Waals surface area contributed by atoms with E-state index in [2.05, 4.69) is 0 Å². The van der Waals surface area contributed by atoms with E-state index in [4.69, 9.17) is 0 Å². The van der Waals surface area contributed by atoms with Crippen molar-refractivity contribution in [2.75, 3.05) is 11.5 Å². The average molecular weight is 208 g/mol. The Balaban J connectivity index is 2.87. The summed E-state index contributed by atoms with van der Waals surface area (Å²) in [6, 6.07) is 0. The van der Waals surface area contributed by atoms with Crippen LogP contribution < -0.4 is 0 Å². The molecule has 1 saturated heterocycles. The molecule has 0 N–H and O–H groups in total. The van der Waals surface area contributed by atoms with E-state index >= 15 is 0 Å². The molecule has 0 spiro atoms. The Labute approximate surface area is 79.4 Å². The highest BCUT2D eigenvalue weighted by Gasteiger charge is 2.39. The van der Waals surface area contributed by atoms with Crippen LogP contribution in [0.15, 0.2) is 0 Å². The molecule has 0 saturated carbocycles. The van der Waals surface area contributed by atoms with Crippen molar-refractivity contribution in [3.05, 3.63) is 0 Å². The van der Waals surface area contributed by atoms with Crippen molar-refractivity contribution in [3.63, 3.8) is 0 Å². The molecular weight excluding hydrogens is 191 g/mol. The van der Waals surface area contributed by atoms with Crippen LogP contribution in [0, 0.1) is 5.92 Å². The number of sulfone groups is 1. The highest BCUT2D eigenvalue weighted by atomic mass is 32.2. The molecule has 0 radical (unpaired) electrons. The molecule has 1 aliphatic rings. The Kier molecular flexibility index (Phi) is 3.00. The maximum Gasteiger partial charge on any atom is 0.153 e. The van der Waals surface area contributed by atoms with Gasteiger partial charge in [0.05, 0.1) is 11.5 Å². The van der Waals surface area contributed by atoms with Crippen molar-refractivity contribution < 1.29 is 12.8 Å². The normalized spacial score (nSPS) is 39.8. The third-order valence-corrected chi connectivity index (χ3v) is 4.77. The number of rotatable bonds is 1. The zero-order valence-electron chi connectivity index (χ0n) is 8.22. The minimum atomic E-state index is -3.14. The summed E-state index contributed by atoms with van der Waals surface area (Å²) in [5, 5.41) is 0. The maximum absolute atomic E-state index is 13.9. The second-order valence-corrected chi connectivity index (χ2v) is 6.30. The number of hydrogen-bond donors (Lipinski definition) is 0. The van der Waals surface area contributed by atoms with E-state index in [0.29, 0.717) is 12.8 Å². The molecule has 1 aliphatic heterocycles. The lowest BCUT2D eigenvalue weighted by Crippen LogP contribution is -2.35.